The van der Waals surface area contributed by atoms with Crippen molar-refractivity contribution in [2.45, 2.75) is 0 Å². The first-order valence-electron chi connectivity index (χ1n) is 5.93. The molecule has 0 fully saturated rings. The summed E-state index contributed by atoms with van der Waals surface area (Å²) in [5.41, 5.74) is 7.51. The van der Waals surface area contributed by atoms with Crippen LogP contribution in [0, 0.1) is 5.82 Å². The van der Waals surface area contributed by atoms with Gasteiger partial charge < -0.3 is 10.7 Å². The molecule has 0 spiro atoms. The monoisotopic (exact) mass is 332 g/mol. The van der Waals surface area contributed by atoms with Crippen molar-refractivity contribution in [3.8, 4) is 0 Å². The number of hydrogen-bond acceptors (Lipinski definition) is 2. The van der Waals surface area contributed by atoms with E-state index in [1.807, 2.05) is 18.2 Å². The number of H-pyrrole nitrogens is 1. The fraction of sp³-hybridized carbons (Fsp3) is 0. The molecule has 20 heavy (non-hydrogen) atoms. The molecule has 0 saturated carbocycles. The first kappa shape index (κ1) is 12.9. The SMILES string of the molecule is Nc1cc(F)ccc1C(=O)c1c[nH]c2cccc(Br)c12. The molecule has 0 saturated heterocycles. The van der Waals surface area contributed by atoms with Crippen LogP contribution in [0.1, 0.15) is 15.9 Å². The highest BCUT2D eigenvalue weighted by atomic mass is 79.9. The Hall–Kier alpha value is -2.14. The zero-order valence-electron chi connectivity index (χ0n) is 10.3. The number of rotatable bonds is 2. The van der Waals surface area contributed by atoms with E-state index < -0.39 is 5.82 Å². The van der Waals surface area contributed by atoms with E-state index in [9.17, 15) is 9.18 Å². The van der Waals surface area contributed by atoms with Gasteiger partial charge in [0, 0.05) is 38.4 Å². The Kier molecular flexibility index (Phi) is 3.06. The van der Waals surface area contributed by atoms with Gasteiger partial charge in [0.15, 0.2) is 5.78 Å². The molecule has 5 heteroatoms. The summed E-state index contributed by atoms with van der Waals surface area (Å²) in [4.78, 5) is 15.6. The molecule has 2 aromatic carbocycles. The Morgan fingerprint density at radius 3 is 2.75 bits per heavy atom. The number of aromatic nitrogens is 1. The second-order valence-electron chi connectivity index (χ2n) is 4.43. The van der Waals surface area contributed by atoms with Crippen LogP contribution in [0.5, 0.6) is 0 Å². The van der Waals surface area contributed by atoms with Crippen LogP contribution >= 0.6 is 15.9 Å². The van der Waals surface area contributed by atoms with Gasteiger partial charge in [0.1, 0.15) is 5.82 Å². The lowest BCUT2D eigenvalue weighted by Crippen LogP contribution is -2.05. The lowest BCUT2D eigenvalue weighted by molar-refractivity contribution is 0.104. The minimum absolute atomic E-state index is 0.136. The number of carbonyl (C=O) groups excluding carboxylic acids is 1. The van der Waals surface area contributed by atoms with E-state index >= 15 is 0 Å². The third-order valence-corrected chi connectivity index (χ3v) is 3.82. The van der Waals surface area contributed by atoms with Gasteiger partial charge in [0.25, 0.3) is 0 Å². The number of nitrogen functional groups attached to an aromatic ring is 1. The van der Waals surface area contributed by atoms with Gasteiger partial charge in [-0.1, -0.05) is 22.0 Å². The number of ketones is 1. The molecular weight excluding hydrogens is 323 g/mol. The van der Waals surface area contributed by atoms with E-state index in [1.54, 1.807) is 6.20 Å². The van der Waals surface area contributed by atoms with Crippen molar-refractivity contribution in [3.05, 3.63) is 64.0 Å². The number of fused-ring (bicyclic) bond motifs is 1. The quantitative estimate of drug-likeness (QED) is 0.552. The van der Waals surface area contributed by atoms with Crippen LogP contribution in [0.3, 0.4) is 0 Å². The molecule has 3 rings (SSSR count). The fourth-order valence-corrected chi connectivity index (χ4v) is 2.78. The molecular formula is C15H10BrFN2O. The predicted molar refractivity (Wildman–Crippen MR) is 80.2 cm³/mol. The van der Waals surface area contributed by atoms with Gasteiger partial charge >= 0.3 is 0 Å². The van der Waals surface area contributed by atoms with Crippen molar-refractivity contribution >= 4 is 38.3 Å². The first-order chi connectivity index (χ1) is 9.58. The second kappa shape index (κ2) is 4.76. The molecule has 3 nitrogen and oxygen atoms in total. The number of halogens is 2. The van der Waals surface area contributed by atoms with Gasteiger partial charge in [-0.2, -0.15) is 0 Å². The molecule has 0 radical (unpaired) electrons. The van der Waals surface area contributed by atoms with Crippen LogP contribution in [-0.2, 0) is 0 Å². The summed E-state index contributed by atoms with van der Waals surface area (Å²) in [6, 6.07) is 9.41. The second-order valence-corrected chi connectivity index (χ2v) is 5.28. The molecule has 0 aliphatic carbocycles. The summed E-state index contributed by atoms with van der Waals surface area (Å²) in [6.45, 7) is 0. The summed E-state index contributed by atoms with van der Waals surface area (Å²) in [5, 5.41) is 0.793. The Morgan fingerprint density at radius 1 is 1.20 bits per heavy atom. The fourth-order valence-electron chi connectivity index (χ4n) is 2.20. The lowest BCUT2D eigenvalue weighted by Gasteiger charge is -2.05. The number of nitrogens with two attached hydrogens (primary N) is 1. The summed E-state index contributed by atoms with van der Waals surface area (Å²) in [5.74, 6) is -0.695. The first-order valence-corrected chi connectivity index (χ1v) is 6.72. The van der Waals surface area contributed by atoms with E-state index in [0.717, 1.165) is 21.4 Å². The molecule has 1 heterocycles. The maximum atomic E-state index is 13.1. The molecule has 0 aliphatic heterocycles. The Labute approximate surface area is 122 Å². The number of hydrogen-bond donors (Lipinski definition) is 2. The zero-order chi connectivity index (χ0) is 14.3. The molecule has 3 aromatic rings. The van der Waals surface area contributed by atoms with Crippen molar-refractivity contribution in [1.82, 2.24) is 4.98 Å². The molecule has 0 unspecified atom stereocenters. The number of carbonyl (C=O) groups is 1. The highest BCUT2D eigenvalue weighted by Crippen LogP contribution is 2.29. The van der Waals surface area contributed by atoms with Crippen LogP contribution in [0.2, 0.25) is 0 Å². The lowest BCUT2D eigenvalue weighted by atomic mass is 10.0. The summed E-state index contributed by atoms with van der Waals surface area (Å²) < 4.78 is 13.9. The van der Waals surface area contributed by atoms with E-state index in [1.165, 1.54) is 12.1 Å². The number of anilines is 1. The maximum absolute atomic E-state index is 13.1. The molecule has 0 bridgehead atoms. The largest absolute Gasteiger partial charge is 0.398 e. The average Bonchev–Trinajstić information content (AvgIpc) is 2.83. The van der Waals surface area contributed by atoms with Crippen LogP contribution < -0.4 is 5.73 Å². The normalized spacial score (nSPS) is 10.9. The van der Waals surface area contributed by atoms with E-state index in [-0.39, 0.29) is 11.5 Å². The van der Waals surface area contributed by atoms with E-state index in [4.69, 9.17) is 5.73 Å². The van der Waals surface area contributed by atoms with E-state index in [0.29, 0.717) is 11.1 Å². The van der Waals surface area contributed by atoms with Gasteiger partial charge in [0.2, 0.25) is 0 Å². The third kappa shape index (κ3) is 2.00. The topological polar surface area (TPSA) is 58.9 Å². The van der Waals surface area contributed by atoms with Crippen LogP contribution in [0.25, 0.3) is 10.9 Å². The van der Waals surface area contributed by atoms with Crippen molar-refractivity contribution in [2.24, 2.45) is 0 Å². The molecule has 0 aliphatic rings. The van der Waals surface area contributed by atoms with E-state index in [2.05, 4.69) is 20.9 Å². The van der Waals surface area contributed by atoms with Crippen molar-refractivity contribution in [1.29, 1.82) is 0 Å². The highest BCUT2D eigenvalue weighted by Gasteiger charge is 2.18. The van der Waals surface area contributed by atoms with Crippen LogP contribution in [0.4, 0.5) is 10.1 Å². The van der Waals surface area contributed by atoms with Gasteiger partial charge in [-0.05, 0) is 30.3 Å². The minimum atomic E-state index is -0.459. The standard InChI is InChI=1S/C15H10BrFN2O/c16-11-2-1-3-13-14(11)10(7-19-13)15(20)9-5-4-8(17)6-12(9)18/h1-7,19H,18H2. The predicted octanol–water partition coefficient (Wildman–Crippen LogP) is 3.88. The minimum Gasteiger partial charge on any atom is -0.398 e. The zero-order valence-corrected chi connectivity index (χ0v) is 11.9. The van der Waals surface area contributed by atoms with Gasteiger partial charge in [0.05, 0.1) is 0 Å². The van der Waals surface area contributed by atoms with Gasteiger partial charge in [-0.25, -0.2) is 4.39 Å². The Morgan fingerprint density at radius 2 is 2.00 bits per heavy atom. The summed E-state index contributed by atoms with van der Waals surface area (Å²) >= 11 is 3.43. The summed E-state index contributed by atoms with van der Waals surface area (Å²) in [6.07, 6.45) is 1.64. The van der Waals surface area contributed by atoms with Gasteiger partial charge in [-0.3, -0.25) is 4.79 Å². The van der Waals surface area contributed by atoms with Crippen molar-refractivity contribution in [2.75, 3.05) is 5.73 Å². The Balaban J connectivity index is 2.18. The maximum Gasteiger partial charge on any atom is 0.197 e. The van der Waals surface area contributed by atoms with Crippen LogP contribution in [0.15, 0.2) is 47.1 Å². The molecule has 1 aromatic heterocycles. The number of nitrogens with one attached hydrogen (secondary N) is 1. The smallest absolute Gasteiger partial charge is 0.197 e. The van der Waals surface area contributed by atoms with Crippen LogP contribution in [-0.4, -0.2) is 10.8 Å². The summed E-state index contributed by atoms with van der Waals surface area (Å²) in [7, 11) is 0. The third-order valence-electron chi connectivity index (χ3n) is 3.16. The van der Waals surface area contributed by atoms with Crippen molar-refractivity contribution in [3.63, 3.8) is 0 Å². The highest BCUT2D eigenvalue weighted by molar-refractivity contribution is 9.10. The number of aromatic amines is 1. The molecule has 0 amide bonds. The van der Waals surface area contributed by atoms with Gasteiger partial charge in [-0.15, -0.1) is 0 Å². The molecule has 100 valence electrons. The average molecular weight is 333 g/mol. The number of benzene rings is 2. The molecule has 3 N–H and O–H groups in total. The molecule has 0 atom stereocenters. The Bertz CT molecular complexity index is 826. The van der Waals surface area contributed by atoms with Crippen molar-refractivity contribution < 1.29 is 9.18 Å².